The second kappa shape index (κ2) is 8.67. The molecule has 1 aromatic carbocycles. The second-order valence-electron chi connectivity index (χ2n) is 9.54. The number of nitrogens with zero attached hydrogens (tertiary/aromatic N) is 4. The smallest absolute Gasteiger partial charge is 0.269 e. The summed E-state index contributed by atoms with van der Waals surface area (Å²) in [6.45, 7) is 10.9. The van der Waals surface area contributed by atoms with E-state index in [9.17, 15) is 9.59 Å². The maximum absolute atomic E-state index is 12.7. The van der Waals surface area contributed by atoms with Gasteiger partial charge in [0.25, 0.3) is 5.91 Å². The van der Waals surface area contributed by atoms with Crippen LogP contribution >= 0.6 is 11.6 Å². The number of halogens is 1. The highest BCUT2D eigenvalue weighted by Gasteiger charge is 2.31. The number of hydrogen-bond acceptors (Lipinski definition) is 4. The molecule has 2 aromatic heterocycles. The molecule has 0 bridgehead atoms. The predicted octanol–water partition coefficient (Wildman–Crippen LogP) is 3.16. The van der Waals surface area contributed by atoms with E-state index in [2.05, 4.69) is 53.9 Å². The number of carbonyl (C=O) groups is 2. The lowest BCUT2D eigenvalue weighted by atomic mass is 9.86. The van der Waals surface area contributed by atoms with Gasteiger partial charge in [-0.25, -0.2) is 4.98 Å². The summed E-state index contributed by atoms with van der Waals surface area (Å²) in [4.78, 5) is 30.3. The average Bonchev–Trinajstić information content (AvgIpc) is 3.29. The van der Waals surface area contributed by atoms with Crippen molar-refractivity contribution in [1.82, 2.24) is 30.0 Å². The molecule has 174 valence electrons. The number of imidazole rings is 1. The van der Waals surface area contributed by atoms with Crippen LogP contribution in [0, 0.1) is 0 Å². The van der Waals surface area contributed by atoms with Crippen LogP contribution in [0.2, 0.25) is 5.02 Å². The maximum Gasteiger partial charge on any atom is 0.269 e. The number of amides is 2. The first kappa shape index (κ1) is 23.0. The molecule has 3 aromatic rings. The van der Waals surface area contributed by atoms with Crippen molar-refractivity contribution >= 4 is 34.3 Å². The van der Waals surface area contributed by atoms with E-state index in [1.807, 2.05) is 17.7 Å². The molecule has 0 radical (unpaired) electrons. The zero-order valence-corrected chi connectivity index (χ0v) is 20.2. The van der Waals surface area contributed by atoms with Crippen LogP contribution in [0.15, 0.2) is 31.0 Å². The Morgan fingerprint density at radius 1 is 1.30 bits per heavy atom. The van der Waals surface area contributed by atoms with Crippen LogP contribution < -0.4 is 5.32 Å². The number of fused-ring (bicyclic) bond motifs is 1. The average molecular weight is 469 g/mol. The summed E-state index contributed by atoms with van der Waals surface area (Å²) in [5, 5.41) is 12.3. The number of benzene rings is 1. The molecule has 2 amide bonds. The zero-order valence-electron chi connectivity index (χ0n) is 19.4. The molecule has 8 nitrogen and oxygen atoms in total. The van der Waals surface area contributed by atoms with Gasteiger partial charge in [0.15, 0.2) is 0 Å². The Morgan fingerprint density at radius 3 is 2.70 bits per heavy atom. The van der Waals surface area contributed by atoms with Gasteiger partial charge >= 0.3 is 0 Å². The van der Waals surface area contributed by atoms with E-state index in [0.29, 0.717) is 31.6 Å². The number of likely N-dealkylation sites (tertiary alicyclic amines) is 1. The molecule has 9 heteroatoms. The van der Waals surface area contributed by atoms with Gasteiger partial charge in [-0.3, -0.25) is 14.7 Å². The fourth-order valence-electron chi connectivity index (χ4n) is 4.12. The summed E-state index contributed by atoms with van der Waals surface area (Å²) in [6.07, 6.45) is 4.24. The van der Waals surface area contributed by atoms with Gasteiger partial charge in [-0.2, -0.15) is 5.10 Å². The van der Waals surface area contributed by atoms with Crippen LogP contribution in [-0.2, 0) is 30.1 Å². The SMILES string of the molecule is C=CC(=O)N1CC(NC(=O)c2cnc(CCc3[nH]nc4cc(Cl)c(C(C)(C)C)cc34)n2C)C1. The van der Waals surface area contributed by atoms with Gasteiger partial charge in [-0.15, -0.1) is 0 Å². The van der Waals surface area contributed by atoms with Gasteiger partial charge in [0.05, 0.1) is 17.8 Å². The molecule has 33 heavy (non-hydrogen) atoms. The first-order valence-corrected chi connectivity index (χ1v) is 11.4. The van der Waals surface area contributed by atoms with E-state index < -0.39 is 0 Å². The third-order valence-electron chi connectivity index (χ3n) is 6.15. The van der Waals surface area contributed by atoms with Crippen molar-refractivity contribution in [2.24, 2.45) is 7.05 Å². The monoisotopic (exact) mass is 468 g/mol. The summed E-state index contributed by atoms with van der Waals surface area (Å²) >= 11 is 6.48. The Balaban J connectivity index is 1.43. The molecular weight excluding hydrogens is 440 g/mol. The van der Waals surface area contributed by atoms with Crippen molar-refractivity contribution in [1.29, 1.82) is 0 Å². The van der Waals surface area contributed by atoms with Crippen molar-refractivity contribution in [2.75, 3.05) is 13.1 Å². The zero-order chi connectivity index (χ0) is 23.9. The van der Waals surface area contributed by atoms with Crippen molar-refractivity contribution < 1.29 is 9.59 Å². The van der Waals surface area contributed by atoms with Gasteiger partial charge in [0.2, 0.25) is 5.91 Å². The molecule has 3 heterocycles. The molecule has 0 aliphatic carbocycles. The fraction of sp³-hybridized carbons (Fsp3) is 0.417. The highest BCUT2D eigenvalue weighted by Crippen LogP contribution is 2.33. The highest BCUT2D eigenvalue weighted by atomic mass is 35.5. The van der Waals surface area contributed by atoms with Gasteiger partial charge in [0.1, 0.15) is 11.5 Å². The molecular formula is C24H29ClN6O2. The minimum absolute atomic E-state index is 0.0556. The first-order valence-electron chi connectivity index (χ1n) is 11.0. The van der Waals surface area contributed by atoms with Crippen LogP contribution in [0.3, 0.4) is 0 Å². The predicted molar refractivity (Wildman–Crippen MR) is 128 cm³/mol. The summed E-state index contributed by atoms with van der Waals surface area (Å²) in [5.74, 6) is 0.500. The molecule has 1 aliphatic heterocycles. The molecule has 2 N–H and O–H groups in total. The van der Waals surface area contributed by atoms with Gasteiger partial charge < -0.3 is 14.8 Å². The molecule has 0 spiro atoms. The number of aromatic amines is 1. The van der Waals surface area contributed by atoms with Gasteiger partial charge in [-0.05, 0) is 35.6 Å². The number of hydrogen-bond donors (Lipinski definition) is 2. The summed E-state index contributed by atoms with van der Waals surface area (Å²) in [6, 6.07) is 3.97. The van der Waals surface area contributed by atoms with E-state index in [-0.39, 0.29) is 23.3 Å². The Labute approximate surface area is 198 Å². The van der Waals surface area contributed by atoms with Gasteiger partial charge in [-0.1, -0.05) is 39.0 Å². The lowest BCUT2D eigenvalue weighted by molar-refractivity contribution is -0.130. The van der Waals surface area contributed by atoms with Crippen molar-refractivity contribution in [3.63, 3.8) is 0 Å². The summed E-state index contributed by atoms with van der Waals surface area (Å²) in [7, 11) is 1.84. The fourth-order valence-corrected chi connectivity index (χ4v) is 4.56. The molecule has 4 rings (SSSR count). The van der Waals surface area contributed by atoms with E-state index >= 15 is 0 Å². The normalized spacial score (nSPS) is 14.4. The molecule has 1 saturated heterocycles. The molecule has 0 atom stereocenters. The molecule has 0 saturated carbocycles. The minimum Gasteiger partial charge on any atom is -0.344 e. The number of aromatic nitrogens is 4. The number of H-pyrrole nitrogens is 1. The summed E-state index contributed by atoms with van der Waals surface area (Å²) < 4.78 is 1.82. The summed E-state index contributed by atoms with van der Waals surface area (Å²) in [5.41, 5.74) is 3.36. The Kier molecular flexibility index (Phi) is 6.05. The minimum atomic E-state index is -0.191. The Hall–Kier alpha value is -3.13. The van der Waals surface area contributed by atoms with Crippen LogP contribution in [0.25, 0.3) is 10.9 Å². The Bertz CT molecular complexity index is 1230. The third-order valence-corrected chi connectivity index (χ3v) is 6.46. The third kappa shape index (κ3) is 4.53. The number of carbonyl (C=O) groups excluding carboxylic acids is 2. The number of nitrogens with one attached hydrogen (secondary N) is 2. The van der Waals surface area contributed by atoms with Crippen LogP contribution in [0.1, 0.15) is 48.3 Å². The largest absolute Gasteiger partial charge is 0.344 e. The molecule has 1 fully saturated rings. The lowest BCUT2D eigenvalue weighted by Crippen LogP contribution is -2.60. The quantitative estimate of drug-likeness (QED) is 0.543. The molecule has 1 aliphatic rings. The standard InChI is InChI=1S/C24H29ClN6O2/c1-6-22(32)31-12-14(13-31)27-23(33)20-11-26-21(30(20)5)8-7-18-15-9-16(24(2,3)4)17(25)10-19(15)29-28-18/h6,9-11,14H,1,7-8,12-13H2,2-5H3,(H,27,33)(H,28,29). The van der Waals surface area contributed by atoms with Crippen molar-refractivity contribution in [3.05, 3.63) is 58.8 Å². The maximum atomic E-state index is 12.7. The number of aryl methyl sites for hydroxylation is 2. The van der Waals surface area contributed by atoms with E-state index in [0.717, 1.165) is 33.0 Å². The van der Waals surface area contributed by atoms with E-state index in [1.165, 1.54) is 6.08 Å². The van der Waals surface area contributed by atoms with Crippen LogP contribution in [0.4, 0.5) is 0 Å². The highest BCUT2D eigenvalue weighted by molar-refractivity contribution is 6.32. The first-order chi connectivity index (χ1) is 15.6. The van der Waals surface area contributed by atoms with E-state index in [4.69, 9.17) is 11.6 Å². The molecule has 0 unspecified atom stereocenters. The van der Waals surface area contributed by atoms with Crippen LogP contribution in [-0.4, -0.2) is 55.6 Å². The number of rotatable bonds is 6. The van der Waals surface area contributed by atoms with Crippen LogP contribution in [0.5, 0.6) is 0 Å². The second-order valence-corrected chi connectivity index (χ2v) is 9.94. The topological polar surface area (TPSA) is 95.9 Å². The van der Waals surface area contributed by atoms with Gasteiger partial charge in [0, 0.05) is 42.7 Å². The Morgan fingerprint density at radius 2 is 2.03 bits per heavy atom. The van der Waals surface area contributed by atoms with Crippen molar-refractivity contribution in [3.8, 4) is 0 Å². The van der Waals surface area contributed by atoms with Crippen molar-refractivity contribution in [2.45, 2.75) is 45.1 Å². The lowest BCUT2D eigenvalue weighted by Gasteiger charge is -2.38. The van der Waals surface area contributed by atoms with E-state index in [1.54, 1.807) is 11.1 Å².